The van der Waals surface area contributed by atoms with Crippen LogP contribution in [0.2, 0.25) is 0 Å². The second kappa shape index (κ2) is 7.85. The first kappa shape index (κ1) is 18.4. The number of carbonyl (C=O) groups excluding carboxylic acids is 2. The Hall–Kier alpha value is -2.43. The SMILES string of the molecule is CCOC(=O)[C@H]1C(C)=NC2=C(C(=O)CCC2)[C@H]1c1ccc(OCC)cc1. The van der Waals surface area contributed by atoms with Crippen LogP contribution in [-0.4, -0.2) is 30.7 Å². The van der Waals surface area contributed by atoms with Crippen LogP contribution in [0, 0.1) is 5.92 Å². The highest BCUT2D eigenvalue weighted by atomic mass is 16.5. The van der Waals surface area contributed by atoms with E-state index in [1.54, 1.807) is 6.92 Å². The molecule has 0 fully saturated rings. The number of esters is 1. The van der Waals surface area contributed by atoms with E-state index < -0.39 is 5.92 Å². The van der Waals surface area contributed by atoms with Gasteiger partial charge in [-0.15, -0.1) is 0 Å². The average molecular weight is 355 g/mol. The molecule has 1 aliphatic carbocycles. The second-order valence-electron chi connectivity index (χ2n) is 6.60. The standard InChI is InChI=1S/C21H25NO4/c1-4-25-15-11-9-14(10-12-15)19-18(21(24)26-5-2)13(3)22-16-7-6-8-17(23)20(16)19/h9-12,18-19H,4-8H2,1-3H3/t18-,19-/m0/s1. The van der Waals surface area contributed by atoms with Gasteiger partial charge in [0, 0.05) is 29.3 Å². The number of hydrogen-bond donors (Lipinski definition) is 0. The van der Waals surface area contributed by atoms with E-state index in [9.17, 15) is 9.59 Å². The maximum atomic E-state index is 12.7. The molecule has 0 aromatic heterocycles. The van der Waals surface area contributed by atoms with Gasteiger partial charge in [-0.2, -0.15) is 0 Å². The van der Waals surface area contributed by atoms with E-state index in [1.165, 1.54) is 0 Å². The molecule has 1 aliphatic heterocycles. The number of benzene rings is 1. The Bertz CT molecular complexity index is 761. The Morgan fingerprint density at radius 1 is 1.15 bits per heavy atom. The number of hydrogen-bond acceptors (Lipinski definition) is 5. The van der Waals surface area contributed by atoms with Gasteiger partial charge in [0.2, 0.25) is 0 Å². The molecular formula is C21H25NO4. The van der Waals surface area contributed by atoms with E-state index in [-0.39, 0.29) is 17.7 Å². The molecule has 0 bridgehead atoms. The largest absolute Gasteiger partial charge is 0.494 e. The lowest BCUT2D eigenvalue weighted by Gasteiger charge is -2.34. The lowest BCUT2D eigenvalue weighted by atomic mass is 9.72. The highest BCUT2D eigenvalue weighted by Crippen LogP contribution is 2.43. The van der Waals surface area contributed by atoms with Crippen molar-refractivity contribution < 1.29 is 19.1 Å². The summed E-state index contributed by atoms with van der Waals surface area (Å²) in [4.78, 5) is 30.0. The third kappa shape index (κ3) is 3.43. The number of ketones is 1. The fourth-order valence-corrected chi connectivity index (χ4v) is 3.84. The number of aliphatic imine (C=N–C) groups is 1. The summed E-state index contributed by atoms with van der Waals surface area (Å²) < 4.78 is 10.8. The van der Waals surface area contributed by atoms with Crippen LogP contribution in [0.5, 0.6) is 5.75 Å². The van der Waals surface area contributed by atoms with Crippen molar-refractivity contribution in [1.29, 1.82) is 0 Å². The summed E-state index contributed by atoms with van der Waals surface area (Å²) in [5, 5.41) is 0. The highest BCUT2D eigenvalue weighted by Gasteiger charge is 2.42. The molecule has 3 rings (SSSR count). The molecule has 0 radical (unpaired) electrons. The van der Waals surface area contributed by atoms with Crippen LogP contribution >= 0.6 is 0 Å². The van der Waals surface area contributed by atoms with Gasteiger partial charge in [-0.1, -0.05) is 12.1 Å². The topological polar surface area (TPSA) is 65.0 Å². The molecular weight excluding hydrogens is 330 g/mol. The van der Waals surface area contributed by atoms with Gasteiger partial charge in [0.25, 0.3) is 0 Å². The molecule has 0 saturated heterocycles. The zero-order chi connectivity index (χ0) is 18.7. The van der Waals surface area contributed by atoms with Gasteiger partial charge in [0.1, 0.15) is 11.7 Å². The van der Waals surface area contributed by atoms with Crippen LogP contribution < -0.4 is 4.74 Å². The van der Waals surface area contributed by atoms with Crippen molar-refractivity contribution in [2.24, 2.45) is 10.9 Å². The van der Waals surface area contributed by atoms with E-state index in [1.807, 2.05) is 38.1 Å². The van der Waals surface area contributed by atoms with Crippen molar-refractivity contribution in [3.8, 4) is 5.75 Å². The van der Waals surface area contributed by atoms with Gasteiger partial charge in [0.05, 0.1) is 13.2 Å². The molecule has 0 saturated carbocycles. The van der Waals surface area contributed by atoms with Crippen LogP contribution in [0.25, 0.3) is 0 Å². The fourth-order valence-electron chi connectivity index (χ4n) is 3.84. The second-order valence-corrected chi connectivity index (χ2v) is 6.60. The quantitative estimate of drug-likeness (QED) is 0.753. The monoisotopic (exact) mass is 355 g/mol. The van der Waals surface area contributed by atoms with Crippen molar-refractivity contribution in [2.45, 2.75) is 46.0 Å². The molecule has 0 spiro atoms. The third-order valence-electron chi connectivity index (χ3n) is 4.93. The zero-order valence-electron chi connectivity index (χ0n) is 15.6. The molecule has 0 unspecified atom stereocenters. The molecule has 0 N–H and O–H groups in total. The summed E-state index contributed by atoms with van der Waals surface area (Å²) in [7, 11) is 0. The third-order valence-corrected chi connectivity index (χ3v) is 4.93. The number of allylic oxidation sites excluding steroid dienone is 2. The Morgan fingerprint density at radius 3 is 2.54 bits per heavy atom. The maximum Gasteiger partial charge on any atom is 0.315 e. The van der Waals surface area contributed by atoms with Gasteiger partial charge in [-0.3, -0.25) is 14.6 Å². The number of nitrogens with zero attached hydrogens (tertiary/aromatic N) is 1. The minimum Gasteiger partial charge on any atom is -0.494 e. The van der Waals surface area contributed by atoms with Crippen molar-refractivity contribution >= 4 is 17.5 Å². The van der Waals surface area contributed by atoms with E-state index in [0.717, 1.165) is 35.6 Å². The van der Waals surface area contributed by atoms with Gasteiger partial charge in [-0.25, -0.2) is 0 Å². The van der Waals surface area contributed by atoms with Crippen LogP contribution in [-0.2, 0) is 14.3 Å². The number of Topliss-reactive ketones (excluding diaryl/α,β-unsaturated/α-hetero) is 1. The summed E-state index contributed by atoms with van der Waals surface area (Å²) in [5.74, 6) is -0.360. The van der Waals surface area contributed by atoms with E-state index in [2.05, 4.69) is 4.99 Å². The lowest BCUT2D eigenvalue weighted by Crippen LogP contribution is -2.37. The van der Waals surface area contributed by atoms with Crippen molar-refractivity contribution in [2.75, 3.05) is 13.2 Å². The minimum absolute atomic E-state index is 0.0932. The smallest absolute Gasteiger partial charge is 0.315 e. The molecule has 1 aromatic rings. The molecule has 5 nitrogen and oxygen atoms in total. The first-order valence-corrected chi connectivity index (χ1v) is 9.27. The first-order chi connectivity index (χ1) is 12.6. The Labute approximate surface area is 154 Å². The lowest BCUT2D eigenvalue weighted by molar-refractivity contribution is -0.146. The minimum atomic E-state index is -0.561. The molecule has 2 aliphatic rings. The van der Waals surface area contributed by atoms with Crippen molar-refractivity contribution in [3.05, 3.63) is 41.1 Å². The van der Waals surface area contributed by atoms with E-state index in [4.69, 9.17) is 9.47 Å². The van der Waals surface area contributed by atoms with E-state index >= 15 is 0 Å². The fraction of sp³-hybridized carbons (Fsp3) is 0.476. The summed E-state index contributed by atoms with van der Waals surface area (Å²) in [5.41, 5.74) is 3.15. The van der Waals surface area contributed by atoms with Crippen LogP contribution in [0.1, 0.15) is 51.5 Å². The summed E-state index contributed by atoms with van der Waals surface area (Å²) in [6.07, 6.45) is 2.10. The molecule has 5 heteroatoms. The van der Waals surface area contributed by atoms with Crippen molar-refractivity contribution in [1.82, 2.24) is 0 Å². The highest BCUT2D eigenvalue weighted by molar-refractivity contribution is 6.08. The summed E-state index contributed by atoms with van der Waals surface area (Å²) in [6.45, 7) is 6.47. The summed E-state index contributed by atoms with van der Waals surface area (Å²) in [6, 6.07) is 7.64. The van der Waals surface area contributed by atoms with Crippen LogP contribution in [0.15, 0.2) is 40.5 Å². The van der Waals surface area contributed by atoms with Gasteiger partial charge < -0.3 is 9.47 Å². The Morgan fingerprint density at radius 2 is 1.88 bits per heavy atom. The predicted octanol–water partition coefficient (Wildman–Crippen LogP) is 3.83. The van der Waals surface area contributed by atoms with Crippen molar-refractivity contribution in [3.63, 3.8) is 0 Å². The summed E-state index contributed by atoms with van der Waals surface area (Å²) >= 11 is 0. The number of rotatable bonds is 5. The molecule has 1 heterocycles. The zero-order valence-corrected chi connectivity index (χ0v) is 15.6. The first-order valence-electron chi connectivity index (χ1n) is 9.27. The van der Waals surface area contributed by atoms with Gasteiger partial charge >= 0.3 is 5.97 Å². The predicted molar refractivity (Wildman–Crippen MR) is 99.5 cm³/mol. The number of ether oxygens (including phenoxy) is 2. The average Bonchev–Trinajstić information content (AvgIpc) is 2.62. The Kier molecular flexibility index (Phi) is 5.55. The molecule has 2 atom stereocenters. The van der Waals surface area contributed by atoms with Crippen LogP contribution in [0.4, 0.5) is 0 Å². The molecule has 138 valence electrons. The molecule has 0 amide bonds. The van der Waals surface area contributed by atoms with E-state index in [0.29, 0.717) is 25.2 Å². The molecule has 1 aromatic carbocycles. The van der Waals surface area contributed by atoms with Gasteiger partial charge in [0.15, 0.2) is 5.78 Å². The number of carbonyl (C=O) groups is 2. The molecule has 26 heavy (non-hydrogen) atoms. The Balaban J connectivity index is 2.07. The maximum absolute atomic E-state index is 12.7. The normalized spacial score (nSPS) is 22.6. The van der Waals surface area contributed by atoms with Crippen LogP contribution in [0.3, 0.4) is 0 Å². The van der Waals surface area contributed by atoms with Gasteiger partial charge in [-0.05, 0) is 51.3 Å².